The zero-order valence-electron chi connectivity index (χ0n) is 13.7. The average Bonchev–Trinajstić information content (AvgIpc) is 2.49. The van der Waals surface area contributed by atoms with E-state index in [4.69, 9.17) is 36.0 Å². The lowest BCUT2D eigenvalue weighted by Gasteiger charge is -2.16. The molecule has 0 saturated carbocycles. The number of thiocarbonyl (C=S) groups is 2. The fourth-order valence-corrected chi connectivity index (χ4v) is 2.91. The van der Waals surface area contributed by atoms with Crippen LogP contribution in [0.25, 0.3) is 0 Å². The SMILES string of the molecule is Cc1cccc(NC(=S)NNC(=S)Nc2c(C)cc(C)cc2Cl)c1. The van der Waals surface area contributed by atoms with E-state index in [1.54, 1.807) is 0 Å². The molecule has 0 saturated heterocycles. The van der Waals surface area contributed by atoms with Crippen molar-refractivity contribution in [2.45, 2.75) is 20.8 Å². The second-order valence-corrected chi connectivity index (χ2v) is 6.69. The molecule has 0 atom stereocenters. The van der Waals surface area contributed by atoms with Crippen LogP contribution >= 0.6 is 36.0 Å². The smallest absolute Gasteiger partial charge is 0.189 e. The number of anilines is 2. The minimum atomic E-state index is 0.372. The monoisotopic (exact) mass is 378 g/mol. The van der Waals surface area contributed by atoms with E-state index in [9.17, 15) is 0 Å². The third-order valence-electron chi connectivity index (χ3n) is 3.24. The highest BCUT2D eigenvalue weighted by atomic mass is 35.5. The van der Waals surface area contributed by atoms with Crippen LogP contribution in [0.3, 0.4) is 0 Å². The van der Waals surface area contributed by atoms with Gasteiger partial charge in [-0.15, -0.1) is 0 Å². The van der Waals surface area contributed by atoms with Crippen LogP contribution in [-0.4, -0.2) is 10.2 Å². The molecule has 0 fully saturated rings. The van der Waals surface area contributed by atoms with Crippen LogP contribution in [0.5, 0.6) is 0 Å². The predicted octanol–water partition coefficient (Wildman–Crippen LogP) is 4.45. The summed E-state index contributed by atoms with van der Waals surface area (Å²) in [7, 11) is 0. The van der Waals surface area contributed by atoms with Crippen LogP contribution in [0.4, 0.5) is 11.4 Å². The molecule has 4 nitrogen and oxygen atoms in total. The standard InChI is InChI=1S/C17H19ClN4S2/c1-10-5-4-6-13(8-10)19-16(23)21-22-17(24)20-15-12(3)7-11(2)9-14(15)18/h4-9H,1-3H3,(H2,19,21,23)(H2,20,22,24). The van der Waals surface area contributed by atoms with Gasteiger partial charge in [-0.1, -0.05) is 29.8 Å². The summed E-state index contributed by atoms with van der Waals surface area (Å²) >= 11 is 16.7. The van der Waals surface area contributed by atoms with Crippen molar-refractivity contribution < 1.29 is 0 Å². The predicted molar refractivity (Wildman–Crippen MR) is 111 cm³/mol. The highest BCUT2D eigenvalue weighted by molar-refractivity contribution is 7.81. The van der Waals surface area contributed by atoms with E-state index in [2.05, 4.69) is 21.5 Å². The van der Waals surface area contributed by atoms with Gasteiger partial charge in [0.05, 0.1) is 10.7 Å². The first-order valence-electron chi connectivity index (χ1n) is 7.32. The number of hydrazine groups is 1. The van der Waals surface area contributed by atoms with E-state index in [0.29, 0.717) is 15.2 Å². The molecular weight excluding hydrogens is 360 g/mol. The van der Waals surface area contributed by atoms with Crippen molar-refractivity contribution in [2.75, 3.05) is 10.6 Å². The summed E-state index contributed by atoms with van der Waals surface area (Å²) in [6, 6.07) is 11.8. The molecule has 0 spiro atoms. The zero-order valence-corrected chi connectivity index (χ0v) is 16.0. The number of hydrogen-bond acceptors (Lipinski definition) is 2. The summed E-state index contributed by atoms with van der Waals surface area (Å²) in [5.41, 5.74) is 10.6. The topological polar surface area (TPSA) is 48.1 Å². The maximum atomic E-state index is 6.26. The Morgan fingerprint density at radius 1 is 0.875 bits per heavy atom. The Balaban J connectivity index is 1.88. The van der Waals surface area contributed by atoms with Gasteiger partial charge in [0.2, 0.25) is 0 Å². The Bertz CT molecular complexity index is 754. The quantitative estimate of drug-likeness (QED) is 0.457. The van der Waals surface area contributed by atoms with E-state index in [-0.39, 0.29) is 0 Å². The van der Waals surface area contributed by atoms with Gasteiger partial charge < -0.3 is 10.6 Å². The van der Waals surface area contributed by atoms with Crippen molar-refractivity contribution in [3.05, 3.63) is 58.1 Å². The molecule has 126 valence electrons. The van der Waals surface area contributed by atoms with Crippen molar-refractivity contribution in [3.63, 3.8) is 0 Å². The van der Waals surface area contributed by atoms with Gasteiger partial charge in [-0.2, -0.15) is 0 Å². The maximum Gasteiger partial charge on any atom is 0.189 e. The molecule has 0 aliphatic rings. The van der Waals surface area contributed by atoms with Gasteiger partial charge in [-0.3, -0.25) is 10.9 Å². The molecule has 0 radical (unpaired) electrons. The molecule has 24 heavy (non-hydrogen) atoms. The number of aryl methyl sites for hydroxylation is 3. The van der Waals surface area contributed by atoms with E-state index in [1.807, 2.05) is 57.2 Å². The van der Waals surface area contributed by atoms with Crippen molar-refractivity contribution in [1.82, 2.24) is 10.9 Å². The summed E-state index contributed by atoms with van der Waals surface area (Å²) in [6.45, 7) is 5.99. The molecule has 7 heteroatoms. The molecule has 2 aromatic carbocycles. The van der Waals surface area contributed by atoms with E-state index in [1.165, 1.54) is 0 Å². The molecule has 0 aliphatic heterocycles. The number of rotatable bonds is 2. The molecule has 0 aliphatic carbocycles. The Morgan fingerprint density at radius 2 is 1.54 bits per heavy atom. The summed E-state index contributed by atoms with van der Waals surface area (Å²) in [6.07, 6.45) is 0. The number of halogens is 1. The molecule has 2 rings (SSSR count). The average molecular weight is 379 g/mol. The van der Waals surface area contributed by atoms with Crippen LogP contribution in [0.15, 0.2) is 36.4 Å². The van der Waals surface area contributed by atoms with Crippen molar-refractivity contribution in [3.8, 4) is 0 Å². The number of benzene rings is 2. The van der Waals surface area contributed by atoms with Crippen LogP contribution in [0.2, 0.25) is 5.02 Å². The largest absolute Gasteiger partial charge is 0.331 e. The third kappa shape index (κ3) is 5.33. The molecular formula is C17H19ClN4S2. The maximum absolute atomic E-state index is 6.26. The van der Waals surface area contributed by atoms with Crippen LogP contribution < -0.4 is 21.5 Å². The highest BCUT2D eigenvalue weighted by Gasteiger charge is 2.07. The normalized spacial score (nSPS) is 10.0. The zero-order chi connectivity index (χ0) is 17.7. The fraction of sp³-hybridized carbons (Fsp3) is 0.176. The lowest BCUT2D eigenvalue weighted by Crippen LogP contribution is -2.45. The lowest BCUT2D eigenvalue weighted by atomic mass is 10.1. The first-order valence-corrected chi connectivity index (χ1v) is 8.52. The molecule has 0 aromatic heterocycles. The second-order valence-electron chi connectivity index (χ2n) is 5.47. The van der Waals surface area contributed by atoms with E-state index >= 15 is 0 Å². The molecule has 0 unspecified atom stereocenters. The van der Waals surface area contributed by atoms with E-state index in [0.717, 1.165) is 28.1 Å². The minimum absolute atomic E-state index is 0.372. The minimum Gasteiger partial charge on any atom is -0.331 e. The molecule has 4 N–H and O–H groups in total. The Hall–Kier alpha value is -1.89. The van der Waals surface area contributed by atoms with Crippen molar-refractivity contribution in [1.29, 1.82) is 0 Å². The third-order valence-corrected chi connectivity index (χ3v) is 3.94. The first kappa shape index (κ1) is 18.4. The van der Waals surface area contributed by atoms with Crippen molar-refractivity contribution in [2.24, 2.45) is 0 Å². The van der Waals surface area contributed by atoms with Gasteiger partial charge in [0.15, 0.2) is 10.2 Å². The number of nitrogens with one attached hydrogen (secondary N) is 4. The van der Waals surface area contributed by atoms with Crippen LogP contribution in [0.1, 0.15) is 16.7 Å². The second kappa shape index (κ2) is 8.28. The molecule has 0 heterocycles. The van der Waals surface area contributed by atoms with Gasteiger partial charge in [0.1, 0.15) is 0 Å². The van der Waals surface area contributed by atoms with Crippen LogP contribution in [0, 0.1) is 20.8 Å². The summed E-state index contributed by atoms with van der Waals surface area (Å²) in [5, 5.41) is 7.56. The van der Waals surface area contributed by atoms with Gasteiger partial charge >= 0.3 is 0 Å². The van der Waals surface area contributed by atoms with E-state index < -0.39 is 0 Å². The Labute approximate surface area is 158 Å². The van der Waals surface area contributed by atoms with Crippen LogP contribution in [-0.2, 0) is 0 Å². The van der Waals surface area contributed by atoms with Gasteiger partial charge in [0.25, 0.3) is 0 Å². The van der Waals surface area contributed by atoms with Gasteiger partial charge in [-0.05, 0) is 80.1 Å². The lowest BCUT2D eigenvalue weighted by molar-refractivity contribution is 0.885. The number of hydrogen-bond donors (Lipinski definition) is 4. The molecule has 0 bridgehead atoms. The van der Waals surface area contributed by atoms with Gasteiger partial charge in [0, 0.05) is 5.69 Å². The Kier molecular flexibility index (Phi) is 6.36. The molecule has 2 aromatic rings. The summed E-state index contributed by atoms with van der Waals surface area (Å²) < 4.78 is 0. The summed E-state index contributed by atoms with van der Waals surface area (Å²) in [4.78, 5) is 0. The molecule has 0 amide bonds. The fourth-order valence-electron chi connectivity index (χ4n) is 2.22. The summed E-state index contributed by atoms with van der Waals surface area (Å²) in [5.74, 6) is 0. The van der Waals surface area contributed by atoms with Gasteiger partial charge in [-0.25, -0.2) is 0 Å². The van der Waals surface area contributed by atoms with Crippen molar-refractivity contribution >= 4 is 57.6 Å². The first-order chi connectivity index (χ1) is 11.3. The Morgan fingerprint density at radius 3 is 2.17 bits per heavy atom. The highest BCUT2D eigenvalue weighted by Crippen LogP contribution is 2.27.